The molecule has 0 saturated carbocycles. The van der Waals surface area contributed by atoms with Gasteiger partial charge in [-0.2, -0.15) is 0 Å². The maximum absolute atomic E-state index is 9.83. The molecule has 0 aliphatic rings. The summed E-state index contributed by atoms with van der Waals surface area (Å²) in [6.45, 7) is 0. The number of nitrogens with zero attached hydrogens (tertiary/aromatic N) is 1. The van der Waals surface area contributed by atoms with Gasteiger partial charge in [0.1, 0.15) is 0 Å². The molecule has 1 rings (SSSR count). The summed E-state index contributed by atoms with van der Waals surface area (Å²) >= 11 is 0. The first-order valence-electron chi connectivity index (χ1n) is 2.96. The van der Waals surface area contributed by atoms with Gasteiger partial charge >= 0.3 is 0 Å². The maximum atomic E-state index is 9.83. The smallest absolute Gasteiger partial charge is 0.161 e. The van der Waals surface area contributed by atoms with E-state index < -0.39 is 0 Å². The number of rotatable bonds is 2. The Morgan fingerprint density at radius 2 is 1.90 bits per heavy atom. The molecule has 0 spiro atoms. The molecule has 0 fully saturated rings. The average molecular weight is 133 g/mol. The molecular formula is C8H7NO. The fourth-order valence-corrected chi connectivity index (χ4v) is 0.631. The van der Waals surface area contributed by atoms with E-state index in [1.54, 1.807) is 0 Å². The number of aldehydes is 1. The van der Waals surface area contributed by atoms with Crippen molar-refractivity contribution >= 4 is 18.2 Å². The van der Waals surface area contributed by atoms with Crippen molar-refractivity contribution in [2.45, 2.75) is 0 Å². The molecule has 0 bridgehead atoms. The topological polar surface area (TPSA) is 29.4 Å². The highest BCUT2D eigenvalue weighted by Crippen LogP contribution is 2.07. The Kier molecular flexibility index (Phi) is 2.38. The molecule has 0 atom stereocenters. The van der Waals surface area contributed by atoms with Crippen LogP contribution in [0, 0.1) is 0 Å². The van der Waals surface area contributed by atoms with Crippen molar-refractivity contribution in [2.75, 3.05) is 0 Å². The first-order valence-corrected chi connectivity index (χ1v) is 2.96. The molecule has 2 nitrogen and oxygen atoms in total. The van der Waals surface area contributed by atoms with Crippen LogP contribution in [-0.4, -0.2) is 12.5 Å². The fraction of sp³-hybridized carbons (Fsp3) is 0. The van der Waals surface area contributed by atoms with E-state index in [1.807, 2.05) is 30.3 Å². The molecule has 1 aromatic rings. The summed E-state index contributed by atoms with van der Waals surface area (Å²) < 4.78 is 0. The summed E-state index contributed by atoms with van der Waals surface area (Å²) in [5.74, 6) is 0. The second-order valence-electron chi connectivity index (χ2n) is 1.75. The van der Waals surface area contributed by atoms with Crippen molar-refractivity contribution in [1.29, 1.82) is 0 Å². The van der Waals surface area contributed by atoms with Crippen LogP contribution in [0.2, 0.25) is 0 Å². The van der Waals surface area contributed by atoms with Crippen molar-refractivity contribution in [3.63, 3.8) is 0 Å². The number of hydrogen-bond donors (Lipinski definition) is 0. The second-order valence-corrected chi connectivity index (χ2v) is 1.75. The molecule has 10 heavy (non-hydrogen) atoms. The number of para-hydroxylation sites is 1. The first-order chi connectivity index (χ1) is 4.93. The normalized spacial score (nSPS) is 10.0. The van der Waals surface area contributed by atoms with E-state index in [2.05, 4.69) is 4.99 Å². The predicted molar refractivity (Wildman–Crippen MR) is 40.7 cm³/mol. The monoisotopic (exact) mass is 133 g/mol. The van der Waals surface area contributed by atoms with Crippen molar-refractivity contribution < 1.29 is 4.79 Å². The van der Waals surface area contributed by atoms with E-state index in [0.717, 1.165) is 5.69 Å². The fourth-order valence-electron chi connectivity index (χ4n) is 0.631. The van der Waals surface area contributed by atoms with Crippen LogP contribution in [0.1, 0.15) is 0 Å². The third-order valence-corrected chi connectivity index (χ3v) is 1.04. The summed E-state index contributed by atoms with van der Waals surface area (Å²) in [7, 11) is 0. The van der Waals surface area contributed by atoms with Gasteiger partial charge < -0.3 is 0 Å². The third-order valence-electron chi connectivity index (χ3n) is 1.04. The minimum Gasteiger partial charge on any atom is -0.297 e. The van der Waals surface area contributed by atoms with E-state index in [1.165, 1.54) is 6.21 Å². The SMILES string of the molecule is O=CC=Nc1ccccc1. The Hall–Kier alpha value is -1.44. The number of carbonyl (C=O) groups is 1. The average Bonchev–Trinajstić information content (AvgIpc) is 2.03. The third kappa shape index (κ3) is 1.82. The maximum Gasteiger partial charge on any atom is 0.161 e. The number of aliphatic imine (C=N–C) groups is 1. The quantitative estimate of drug-likeness (QED) is 0.445. The van der Waals surface area contributed by atoms with Crippen molar-refractivity contribution in [2.24, 2.45) is 4.99 Å². The van der Waals surface area contributed by atoms with E-state index in [9.17, 15) is 4.79 Å². The van der Waals surface area contributed by atoms with Crippen LogP contribution in [0.3, 0.4) is 0 Å². The van der Waals surface area contributed by atoms with Crippen LogP contribution >= 0.6 is 0 Å². The van der Waals surface area contributed by atoms with Gasteiger partial charge in [0.25, 0.3) is 0 Å². The van der Waals surface area contributed by atoms with Gasteiger partial charge in [-0.15, -0.1) is 0 Å². The molecule has 50 valence electrons. The molecule has 0 aliphatic carbocycles. The minimum atomic E-state index is 0.660. The molecule has 0 aliphatic heterocycles. The lowest BCUT2D eigenvalue weighted by Gasteiger charge is -1.86. The zero-order chi connectivity index (χ0) is 7.23. The van der Waals surface area contributed by atoms with Gasteiger partial charge in [0.15, 0.2) is 6.29 Å². The molecule has 0 aromatic heterocycles. The first kappa shape index (κ1) is 6.68. The van der Waals surface area contributed by atoms with Gasteiger partial charge in [-0.3, -0.25) is 9.79 Å². The molecule has 0 saturated heterocycles. The van der Waals surface area contributed by atoms with Crippen molar-refractivity contribution in [3.05, 3.63) is 30.3 Å². The van der Waals surface area contributed by atoms with Gasteiger partial charge in [0.2, 0.25) is 0 Å². The van der Waals surface area contributed by atoms with Crippen molar-refractivity contribution in [1.82, 2.24) is 0 Å². The van der Waals surface area contributed by atoms with E-state index in [0.29, 0.717) is 6.29 Å². The molecule has 0 radical (unpaired) electrons. The highest BCUT2D eigenvalue weighted by molar-refractivity contribution is 6.13. The van der Waals surface area contributed by atoms with Crippen LogP contribution in [0.15, 0.2) is 35.3 Å². The largest absolute Gasteiger partial charge is 0.297 e. The van der Waals surface area contributed by atoms with E-state index >= 15 is 0 Å². The summed E-state index contributed by atoms with van der Waals surface area (Å²) in [6, 6.07) is 9.31. The molecule has 0 N–H and O–H groups in total. The van der Waals surface area contributed by atoms with Gasteiger partial charge in [-0.1, -0.05) is 18.2 Å². The summed E-state index contributed by atoms with van der Waals surface area (Å²) in [5, 5.41) is 0. The predicted octanol–water partition coefficient (Wildman–Crippen LogP) is 1.59. The summed E-state index contributed by atoms with van der Waals surface area (Å²) in [4.78, 5) is 13.7. The van der Waals surface area contributed by atoms with Crippen LogP contribution in [0.4, 0.5) is 5.69 Å². The lowest BCUT2D eigenvalue weighted by atomic mass is 10.3. The Balaban J connectivity index is 2.76. The highest BCUT2D eigenvalue weighted by Gasteiger charge is 1.79. The molecular weight excluding hydrogens is 126 g/mol. The van der Waals surface area contributed by atoms with E-state index in [-0.39, 0.29) is 0 Å². The van der Waals surface area contributed by atoms with Crippen LogP contribution < -0.4 is 0 Å². The van der Waals surface area contributed by atoms with Crippen molar-refractivity contribution in [3.8, 4) is 0 Å². The second kappa shape index (κ2) is 3.56. The molecule has 1 aromatic carbocycles. The summed E-state index contributed by atoms with van der Waals surface area (Å²) in [5.41, 5.74) is 0.801. The van der Waals surface area contributed by atoms with Gasteiger partial charge in [0.05, 0.1) is 11.9 Å². The Bertz CT molecular complexity index is 228. The molecule has 0 heterocycles. The summed E-state index contributed by atoms with van der Waals surface area (Å²) in [6.07, 6.45) is 1.89. The molecule has 0 amide bonds. The number of benzene rings is 1. The lowest BCUT2D eigenvalue weighted by molar-refractivity contribution is -0.102. The zero-order valence-electron chi connectivity index (χ0n) is 5.40. The Morgan fingerprint density at radius 3 is 2.50 bits per heavy atom. The Labute approximate surface area is 59.2 Å². The number of hydrogen-bond acceptors (Lipinski definition) is 2. The van der Waals surface area contributed by atoms with Crippen LogP contribution in [0.25, 0.3) is 0 Å². The van der Waals surface area contributed by atoms with Gasteiger partial charge in [-0.05, 0) is 12.1 Å². The van der Waals surface area contributed by atoms with Crippen LogP contribution in [0.5, 0.6) is 0 Å². The minimum absolute atomic E-state index is 0.660. The number of carbonyl (C=O) groups excluding carboxylic acids is 1. The standard InChI is InChI=1S/C8H7NO/c10-7-6-9-8-4-2-1-3-5-8/h1-7H. The van der Waals surface area contributed by atoms with Gasteiger partial charge in [0, 0.05) is 0 Å². The molecule has 2 heteroatoms. The Morgan fingerprint density at radius 1 is 1.20 bits per heavy atom. The lowest BCUT2D eigenvalue weighted by Crippen LogP contribution is -1.70. The zero-order valence-corrected chi connectivity index (χ0v) is 5.40. The van der Waals surface area contributed by atoms with E-state index in [4.69, 9.17) is 0 Å². The van der Waals surface area contributed by atoms with Crippen LogP contribution in [-0.2, 0) is 4.79 Å². The highest BCUT2D eigenvalue weighted by atomic mass is 16.1. The molecule has 0 unspecified atom stereocenters. The van der Waals surface area contributed by atoms with Gasteiger partial charge in [-0.25, -0.2) is 0 Å².